The Morgan fingerprint density at radius 1 is 1.10 bits per heavy atom. The fourth-order valence-corrected chi connectivity index (χ4v) is 6.63. The molecule has 2 aliphatic heterocycles. The van der Waals surface area contributed by atoms with Gasteiger partial charge in [0.25, 0.3) is 0 Å². The van der Waals surface area contributed by atoms with Crippen molar-refractivity contribution in [2.24, 2.45) is 11.8 Å². The number of aliphatic hydroxyl groups is 1. The molecular weight excluding hydrogens is 447 g/mol. The van der Waals surface area contributed by atoms with Crippen LogP contribution in [0.5, 0.6) is 0 Å². The molecule has 3 heterocycles. The highest BCUT2D eigenvalue weighted by molar-refractivity contribution is 7.08. The number of hydrogen-bond donors (Lipinski definition) is 1. The summed E-state index contributed by atoms with van der Waals surface area (Å²) < 4.78 is 0. The van der Waals surface area contributed by atoms with Gasteiger partial charge >= 0.3 is 0 Å². The first kappa shape index (κ1) is 23.5. The smallest absolute Gasteiger partial charge is 0.0594 e. The molecule has 1 aromatic carbocycles. The molecule has 4 rings (SSSR count). The van der Waals surface area contributed by atoms with Crippen LogP contribution in [0.4, 0.5) is 0 Å². The van der Waals surface area contributed by atoms with E-state index in [1.165, 1.54) is 18.4 Å². The van der Waals surface area contributed by atoms with Gasteiger partial charge in [0, 0.05) is 42.1 Å². The Bertz CT molecular complexity index is 844. The molecule has 2 saturated heterocycles. The zero-order valence-corrected chi connectivity index (χ0v) is 20.9. The van der Waals surface area contributed by atoms with Crippen molar-refractivity contribution < 1.29 is 5.11 Å². The predicted octanol–water partition coefficient (Wildman–Crippen LogP) is 6.14. The summed E-state index contributed by atoms with van der Waals surface area (Å²) in [6.07, 6.45) is 3.31. The van der Waals surface area contributed by atoms with E-state index in [4.69, 9.17) is 23.2 Å². The second kappa shape index (κ2) is 10.1. The van der Waals surface area contributed by atoms with E-state index in [9.17, 15) is 5.11 Å². The van der Waals surface area contributed by atoms with E-state index in [-0.39, 0.29) is 0 Å². The molecule has 2 aromatic rings. The summed E-state index contributed by atoms with van der Waals surface area (Å²) in [7, 11) is 0. The third-order valence-electron chi connectivity index (χ3n) is 6.89. The second-order valence-corrected chi connectivity index (χ2v) is 11.7. The molecule has 31 heavy (non-hydrogen) atoms. The van der Waals surface area contributed by atoms with Crippen LogP contribution in [-0.4, -0.2) is 53.2 Å². The Hall–Kier alpha value is -0.620. The van der Waals surface area contributed by atoms with Crippen molar-refractivity contribution in [3.63, 3.8) is 0 Å². The molecule has 0 bridgehead atoms. The zero-order valence-electron chi connectivity index (χ0n) is 18.6. The van der Waals surface area contributed by atoms with Crippen LogP contribution in [0.1, 0.15) is 50.2 Å². The van der Waals surface area contributed by atoms with Gasteiger partial charge in [-0.25, -0.2) is 0 Å². The van der Waals surface area contributed by atoms with Crippen molar-refractivity contribution in [1.82, 2.24) is 9.80 Å². The van der Waals surface area contributed by atoms with Crippen molar-refractivity contribution in [1.29, 1.82) is 0 Å². The number of thiophene rings is 1. The van der Waals surface area contributed by atoms with Gasteiger partial charge in [-0.3, -0.25) is 4.90 Å². The molecule has 2 unspecified atom stereocenters. The zero-order chi connectivity index (χ0) is 22.0. The van der Waals surface area contributed by atoms with Crippen LogP contribution in [0.15, 0.2) is 35.0 Å². The second-order valence-electron chi connectivity index (χ2n) is 10.1. The largest absolute Gasteiger partial charge is 0.390 e. The van der Waals surface area contributed by atoms with Crippen LogP contribution in [0.25, 0.3) is 0 Å². The van der Waals surface area contributed by atoms with Crippen molar-refractivity contribution in [2.45, 2.75) is 51.2 Å². The lowest BCUT2D eigenvalue weighted by Crippen LogP contribution is -2.40. The lowest BCUT2D eigenvalue weighted by atomic mass is 9.85. The van der Waals surface area contributed by atoms with Crippen LogP contribution in [0.2, 0.25) is 10.0 Å². The van der Waals surface area contributed by atoms with Gasteiger partial charge in [-0.15, -0.1) is 0 Å². The van der Waals surface area contributed by atoms with Gasteiger partial charge < -0.3 is 10.0 Å². The standard InChI is InChI=1S/C25H34Cl2N2OS/c1-25(2,30)12-18-5-8-28(9-6-18)14-21-15-29(16-23(21)20-7-10-31-17-20)13-19-3-4-22(26)11-24(19)27/h3-4,7,10-11,17-18,21,23,30H,5-6,8-9,12-16H2,1-2H3. The van der Waals surface area contributed by atoms with Crippen molar-refractivity contribution in [3.05, 3.63) is 56.2 Å². The first-order valence-electron chi connectivity index (χ1n) is 11.4. The summed E-state index contributed by atoms with van der Waals surface area (Å²) in [6.45, 7) is 10.4. The third kappa shape index (κ3) is 6.46. The Labute approximate surface area is 201 Å². The average Bonchev–Trinajstić information content (AvgIpc) is 3.34. The predicted molar refractivity (Wildman–Crippen MR) is 132 cm³/mol. The normalized spacial score (nSPS) is 24.2. The van der Waals surface area contributed by atoms with E-state index in [2.05, 4.69) is 32.7 Å². The number of halogens is 2. The molecule has 0 amide bonds. The summed E-state index contributed by atoms with van der Waals surface area (Å²) in [5.74, 6) is 1.86. The molecule has 2 aliphatic rings. The quantitative estimate of drug-likeness (QED) is 0.514. The number of likely N-dealkylation sites (tertiary alicyclic amines) is 2. The van der Waals surface area contributed by atoms with Gasteiger partial charge in [0.1, 0.15) is 0 Å². The summed E-state index contributed by atoms with van der Waals surface area (Å²) in [5.41, 5.74) is 2.09. The average molecular weight is 482 g/mol. The molecule has 0 radical (unpaired) electrons. The van der Waals surface area contributed by atoms with Crippen LogP contribution in [0.3, 0.4) is 0 Å². The van der Waals surface area contributed by atoms with Gasteiger partial charge in [0.2, 0.25) is 0 Å². The number of piperidine rings is 1. The van der Waals surface area contributed by atoms with Crippen molar-refractivity contribution >= 4 is 34.5 Å². The van der Waals surface area contributed by atoms with Crippen molar-refractivity contribution in [2.75, 3.05) is 32.7 Å². The molecule has 1 N–H and O–H groups in total. The van der Waals surface area contributed by atoms with Gasteiger partial charge in [0.05, 0.1) is 5.60 Å². The van der Waals surface area contributed by atoms with Gasteiger partial charge in [-0.1, -0.05) is 29.3 Å². The first-order chi connectivity index (χ1) is 14.8. The first-order valence-corrected chi connectivity index (χ1v) is 13.1. The third-order valence-corrected chi connectivity index (χ3v) is 8.17. The minimum absolute atomic E-state index is 0.550. The Kier molecular flexibility index (Phi) is 7.68. The monoisotopic (exact) mass is 480 g/mol. The Balaban J connectivity index is 1.38. The lowest BCUT2D eigenvalue weighted by molar-refractivity contribution is 0.0359. The molecule has 2 atom stereocenters. The van der Waals surface area contributed by atoms with Crippen LogP contribution in [-0.2, 0) is 6.54 Å². The fourth-order valence-electron chi connectivity index (χ4n) is 5.44. The van der Waals surface area contributed by atoms with Crippen LogP contribution in [0, 0.1) is 11.8 Å². The SMILES string of the molecule is CC(C)(O)CC1CCN(CC2CN(Cc3ccc(Cl)cc3Cl)CC2c2ccsc2)CC1. The van der Waals surface area contributed by atoms with Crippen LogP contribution >= 0.6 is 34.5 Å². The molecule has 6 heteroatoms. The maximum Gasteiger partial charge on any atom is 0.0594 e. The summed E-state index contributed by atoms with van der Waals surface area (Å²) in [5, 5.41) is 16.1. The minimum atomic E-state index is -0.550. The van der Waals surface area contributed by atoms with Gasteiger partial charge in [-0.05, 0) is 98.1 Å². The van der Waals surface area contributed by atoms with E-state index in [0.717, 1.165) is 56.3 Å². The van der Waals surface area contributed by atoms with E-state index in [0.29, 0.717) is 22.8 Å². The summed E-state index contributed by atoms with van der Waals surface area (Å²) >= 11 is 14.3. The lowest BCUT2D eigenvalue weighted by Gasteiger charge is -2.36. The highest BCUT2D eigenvalue weighted by Gasteiger charge is 2.36. The van der Waals surface area contributed by atoms with Crippen LogP contribution < -0.4 is 0 Å². The van der Waals surface area contributed by atoms with E-state index < -0.39 is 5.60 Å². The molecule has 0 saturated carbocycles. The molecule has 0 spiro atoms. The summed E-state index contributed by atoms with van der Waals surface area (Å²) in [6, 6.07) is 8.15. The minimum Gasteiger partial charge on any atom is -0.390 e. The number of nitrogens with zero attached hydrogens (tertiary/aromatic N) is 2. The Morgan fingerprint density at radius 2 is 1.87 bits per heavy atom. The van der Waals surface area contributed by atoms with E-state index >= 15 is 0 Å². The molecule has 2 fully saturated rings. The fraction of sp³-hybridized carbons (Fsp3) is 0.600. The number of benzene rings is 1. The molecule has 3 nitrogen and oxygen atoms in total. The van der Waals surface area contributed by atoms with Gasteiger partial charge in [0.15, 0.2) is 0 Å². The number of hydrogen-bond acceptors (Lipinski definition) is 4. The van der Waals surface area contributed by atoms with Crippen molar-refractivity contribution in [3.8, 4) is 0 Å². The van der Waals surface area contributed by atoms with Gasteiger partial charge in [-0.2, -0.15) is 11.3 Å². The highest BCUT2D eigenvalue weighted by atomic mass is 35.5. The molecule has 170 valence electrons. The van der Waals surface area contributed by atoms with E-state index in [1.807, 2.05) is 26.0 Å². The highest BCUT2D eigenvalue weighted by Crippen LogP contribution is 2.37. The molecule has 1 aromatic heterocycles. The molecular formula is C25H34Cl2N2OS. The Morgan fingerprint density at radius 3 is 2.52 bits per heavy atom. The summed E-state index contributed by atoms with van der Waals surface area (Å²) in [4.78, 5) is 5.22. The maximum atomic E-state index is 10.2. The topological polar surface area (TPSA) is 26.7 Å². The maximum absolute atomic E-state index is 10.2. The number of rotatable bonds is 7. The van der Waals surface area contributed by atoms with E-state index in [1.54, 1.807) is 11.3 Å². The molecule has 0 aliphatic carbocycles.